The Morgan fingerprint density at radius 3 is 2.44 bits per heavy atom. The summed E-state index contributed by atoms with van der Waals surface area (Å²) >= 11 is 1.30. The number of sulfone groups is 1. The lowest BCUT2D eigenvalue weighted by Crippen LogP contribution is -2.16. The van der Waals surface area contributed by atoms with Gasteiger partial charge in [0.15, 0.2) is 14.6 Å². The molecule has 0 radical (unpaired) electrons. The Bertz CT molecular complexity index is 1300. The lowest BCUT2D eigenvalue weighted by molar-refractivity contribution is -0.118. The van der Waals surface area contributed by atoms with Crippen molar-refractivity contribution in [1.82, 2.24) is 4.57 Å². The van der Waals surface area contributed by atoms with Gasteiger partial charge in [-0.05, 0) is 55.8 Å². The average Bonchev–Trinajstić information content (AvgIpc) is 3.14. The van der Waals surface area contributed by atoms with Gasteiger partial charge in [-0.3, -0.25) is 4.79 Å². The lowest BCUT2D eigenvalue weighted by atomic mass is 10.2. The Balaban J connectivity index is 1.73. The Morgan fingerprint density at radius 1 is 1.09 bits per heavy atom. The number of methoxy groups -OCH3 is 2. The van der Waals surface area contributed by atoms with Gasteiger partial charge in [0.05, 0.1) is 40.6 Å². The number of amides is 1. The van der Waals surface area contributed by atoms with E-state index in [1.54, 1.807) is 30.3 Å². The van der Waals surface area contributed by atoms with E-state index in [9.17, 15) is 18.0 Å². The van der Waals surface area contributed by atoms with Crippen molar-refractivity contribution in [2.75, 3.05) is 20.0 Å². The summed E-state index contributed by atoms with van der Waals surface area (Å²) in [5.41, 5.74) is 1.28. The highest BCUT2D eigenvalue weighted by Gasteiger charge is 2.16. The molecular formula is C22H24N2O6S2. The molecule has 0 bridgehead atoms. The number of thiazole rings is 1. The van der Waals surface area contributed by atoms with Gasteiger partial charge >= 0.3 is 5.97 Å². The van der Waals surface area contributed by atoms with Crippen molar-refractivity contribution >= 4 is 43.3 Å². The first-order chi connectivity index (χ1) is 15.3. The van der Waals surface area contributed by atoms with Crippen LogP contribution in [0.4, 0.5) is 0 Å². The van der Waals surface area contributed by atoms with Gasteiger partial charge in [-0.25, -0.2) is 13.2 Å². The number of carbonyl (C=O) groups is 2. The number of aryl methyl sites for hydroxylation is 1. The Labute approximate surface area is 190 Å². The van der Waals surface area contributed by atoms with Gasteiger partial charge < -0.3 is 14.0 Å². The van der Waals surface area contributed by atoms with Crippen molar-refractivity contribution < 1.29 is 27.5 Å². The predicted octanol–water partition coefficient (Wildman–Crippen LogP) is 3.20. The van der Waals surface area contributed by atoms with Crippen LogP contribution in [0.3, 0.4) is 0 Å². The Kier molecular flexibility index (Phi) is 7.47. The summed E-state index contributed by atoms with van der Waals surface area (Å²) in [5.74, 6) is -0.402. The molecule has 8 nitrogen and oxygen atoms in total. The molecule has 0 saturated heterocycles. The van der Waals surface area contributed by atoms with Crippen LogP contribution in [0.15, 0.2) is 52.4 Å². The molecular weight excluding hydrogens is 452 g/mol. The van der Waals surface area contributed by atoms with Gasteiger partial charge in [-0.2, -0.15) is 4.99 Å². The number of carbonyl (C=O) groups excluding carboxylic acids is 2. The first-order valence-corrected chi connectivity index (χ1v) is 12.4. The normalized spacial score (nSPS) is 12.2. The summed E-state index contributed by atoms with van der Waals surface area (Å²) in [7, 11) is -0.668. The second kappa shape index (κ2) is 10.1. The highest BCUT2D eigenvalue weighted by atomic mass is 32.2. The molecule has 0 aliphatic carbocycles. The van der Waals surface area contributed by atoms with Crippen LogP contribution in [0.1, 0.15) is 30.1 Å². The first kappa shape index (κ1) is 23.7. The molecule has 3 rings (SSSR count). The number of fused-ring (bicyclic) bond motifs is 1. The van der Waals surface area contributed by atoms with E-state index < -0.39 is 21.7 Å². The van der Waals surface area contributed by atoms with E-state index in [-0.39, 0.29) is 23.5 Å². The lowest BCUT2D eigenvalue weighted by Gasteiger charge is -2.05. The summed E-state index contributed by atoms with van der Waals surface area (Å²) in [6.45, 7) is 2.53. The largest absolute Gasteiger partial charge is 0.497 e. The van der Waals surface area contributed by atoms with Gasteiger partial charge in [0.25, 0.3) is 0 Å². The number of nitrogens with zero attached hydrogens (tertiary/aromatic N) is 2. The van der Waals surface area contributed by atoms with Crippen molar-refractivity contribution in [2.24, 2.45) is 4.99 Å². The minimum Gasteiger partial charge on any atom is -0.497 e. The number of rotatable bonds is 8. The summed E-state index contributed by atoms with van der Waals surface area (Å²) in [6, 6.07) is 11.3. The van der Waals surface area contributed by atoms with E-state index in [1.165, 1.54) is 37.7 Å². The van der Waals surface area contributed by atoms with Crippen LogP contribution in [0.5, 0.6) is 5.75 Å². The van der Waals surface area contributed by atoms with Crippen LogP contribution in [-0.2, 0) is 25.9 Å². The predicted molar refractivity (Wildman–Crippen MR) is 122 cm³/mol. The monoisotopic (exact) mass is 476 g/mol. The van der Waals surface area contributed by atoms with Crippen LogP contribution in [-0.4, -0.2) is 44.8 Å². The zero-order valence-electron chi connectivity index (χ0n) is 18.0. The fraction of sp³-hybridized carbons (Fsp3) is 0.318. The maximum atomic E-state index is 12.5. The first-order valence-electron chi connectivity index (χ1n) is 9.95. The highest BCUT2D eigenvalue weighted by molar-refractivity contribution is 7.91. The standard InChI is InChI=1S/C22H24N2O6S2/c1-4-24-18-12-7-15(21(26)30-3)14-19(18)31-22(24)23-20(25)6-5-13-32(27,28)17-10-8-16(29-2)9-11-17/h7-12,14H,4-6,13H2,1-3H3. The van der Waals surface area contributed by atoms with Crippen molar-refractivity contribution in [3.8, 4) is 5.75 Å². The molecule has 0 atom stereocenters. The molecule has 2 aromatic carbocycles. The number of hydrogen-bond donors (Lipinski definition) is 0. The third-order valence-corrected chi connectivity index (χ3v) is 7.72. The molecule has 0 N–H and O–H groups in total. The summed E-state index contributed by atoms with van der Waals surface area (Å²) in [5, 5.41) is 0. The summed E-state index contributed by atoms with van der Waals surface area (Å²) in [6.07, 6.45) is 0.182. The SMILES string of the molecule is CCn1c(=NC(=O)CCCS(=O)(=O)c2ccc(OC)cc2)sc2cc(C(=O)OC)ccc21. The highest BCUT2D eigenvalue weighted by Crippen LogP contribution is 2.20. The van der Waals surface area contributed by atoms with Crippen LogP contribution in [0, 0.1) is 0 Å². The average molecular weight is 477 g/mol. The molecule has 0 spiro atoms. The number of esters is 1. The fourth-order valence-corrected chi connectivity index (χ4v) is 5.65. The molecule has 0 unspecified atom stereocenters. The smallest absolute Gasteiger partial charge is 0.337 e. The zero-order chi connectivity index (χ0) is 23.3. The zero-order valence-corrected chi connectivity index (χ0v) is 19.7. The molecule has 0 saturated carbocycles. The molecule has 1 aromatic heterocycles. The van der Waals surface area contributed by atoms with Crippen molar-refractivity contribution in [3.05, 3.63) is 52.8 Å². The van der Waals surface area contributed by atoms with Gasteiger partial charge in [0.1, 0.15) is 5.75 Å². The maximum Gasteiger partial charge on any atom is 0.337 e. The topological polar surface area (TPSA) is 104 Å². The van der Waals surface area contributed by atoms with E-state index in [0.29, 0.717) is 22.7 Å². The van der Waals surface area contributed by atoms with E-state index in [4.69, 9.17) is 9.47 Å². The summed E-state index contributed by atoms with van der Waals surface area (Å²) in [4.78, 5) is 29.1. The molecule has 0 fully saturated rings. The maximum absolute atomic E-state index is 12.5. The number of aromatic nitrogens is 1. The second-order valence-corrected chi connectivity index (χ2v) is 10.0. The quantitative estimate of drug-likeness (QED) is 0.463. The van der Waals surface area contributed by atoms with Crippen molar-refractivity contribution in [2.45, 2.75) is 31.2 Å². The Morgan fingerprint density at radius 2 is 1.81 bits per heavy atom. The number of ether oxygens (including phenoxy) is 2. The number of benzene rings is 2. The van der Waals surface area contributed by atoms with Crippen LogP contribution in [0.2, 0.25) is 0 Å². The Hall–Kier alpha value is -2.98. The third kappa shape index (κ3) is 5.25. The van der Waals surface area contributed by atoms with E-state index in [2.05, 4.69) is 4.99 Å². The van der Waals surface area contributed by atoms with E-state index in [0.717, 1.165) is 10.2 Å². The fourth-order valence-electron chi connectivity index (χ4n) is 3.19. The molecule has 0 aliphatic heterocycles. The minimum absolute atomic E-state index is 0.0146. The summed E-state index contributed by atoms with van der Waals surface area (Å²) < 4.78 is 37.4. The van der Waals surface area contributed by atoms with Gasteiger partial charge in [-0.15, -0.1) is 0 Å². The molecule has 170 valence electrons. The van der Waals surface area contributed by atoms with Gasteiger partial charge in [0, 0.05) is 13.0 Å². The van der Waals surface area contributed by atoms with Crippen LogP contribution < -0.4 is 9.54 Å². The number of hydrogen-bond acceptors (Lipinski definition) is 7. The molecule has 10 heteroatoms. The third-order valence-electron chi connectivity index (χ3n) is 4.86. The van der Waals surface area contributed by atoms with E-state index >= 15 is 0 Å². The molecule has 32 heavy (non-hydrogen) atoms. The van der Waals surface area contributed by atoms with Crippen molar-refractivity contribution in [1.29, 1.82) is 0 Å². The van der Waals surface area contributed by atoms with Crippen LogP contribution >= 0.6 is 11.3 Å². The minimum atomic E-state index is -3.50. The van der Waals surface area contributed by atoms with E-state index in [1.807, 2.05) is 11.5 Å². The molecule has 1 heterocycles. The van der Waals surface area contributed by atoms with Gasteiger partial charge in [0.2, 0.25) is 5.91 Å². The van der Waals surface area contributed by atoms with Crippen molar-refractivity contribution in [3.63, 3.8) is 0 Å². The molecule has 0 aliphatic rings. The van der Waals surface area contributed by atoms with Gasteiger partial charge in [-0.1, -0.05) is 11.3 Å². The van der Waals surface area contributed by atoms with Crippen LogP contribution in [0.25, 0.3) is 10.2 Å². The molecule has 3 aromatic rings. The molecule has 1 amide bonds. The second-order valence-electron chi connectivity index (χ2n) is 6.91.